The Kier molecular flexibility index (Phi) is 3.38. The van der Waals surface area contributed by atoms with Crippen molar-refractivity contribution in [3.8, 4) is 0 Å². The molecule has 3 nitrogen and oxygen atoms in total. The van der Waals surface area contributed by atoms with Gasteiger partial charge in [-0.25, -0.2) is 0 Å². The van der Waals surface area contributed by atoms with Crippen molar-refractivity contribution in [3.63, 3.8) is 0 Å². The van der Waals surface area contributed by atoms with E-state index in [9.17, 15) is 4.79 Å². The monoisotopic (exact) mass is 294 g/mol. The Labute approximate surface area is 131 Å². The summed E-state index contributed by atoms with van der Waals surface area (Å²) in [6.45, 7) is 6.08. The van der Waals surface area contributed by atoms with Crippen molar-refractivity contribution < 1.29 is 0 Å². The quantitative estimate of drug-likeness (QED) is 0.869. The van der Waals surface area contributed by atoms with E-state index in [1.54, 1.807) is 6.07 Å². The topological polar surface area (TPSA) is 25.2 Å². The molecule has 0 amide bonds. The van der Waals surface area contributed by atoms with Crippen LogP contribution in [0.15, 0.2) is 41.3 Å². The van der Waals surface area contributed by atoms with Gasteiger partial charge in [-0.05, 0) is 36.8 Å². The zero-order valence-electron chi connectivity index (χ0n) is 13.1. The van der Waals surface area contributed by atoms with E-state index in [4.69, 9.17) is 0 Å². The zero-order valence-corrected chi connectivity index (χ0v) is 13.1. The van der Waals surface area contributed by atoms with E-state index in [2.05, 4.69) is 40.7 Å². The van der Waals surface area contributed by atoms with Gasteiger partial charge in [-0.3, -0.25) is 9.69 Å². The number of hydrogen-bond acceptors (Lipinski definition) is 2. The standard InChI is InChI=1S/C19H22N2O/c1-14-4-2-3-5-16(14)12-20-10-11-21-9-8-18(22)19(15-6-7-15)17(21)13-20/h2-5,8-9,15H,6-7,10-13H2,1H3. The first-order valence-corrected chi connectivity index (χ1v) is 8.21. The van der Waals surface area contributed by atoms with Crippen LogP contribution in [-0.2, 0) is 19.6 Å². The van der Waals surface area contributed by atoms with E-state index in [0.717, 1.165) is 31.7 Å². The Morgan fingerprint density at radius 1 is 1.14 bits per heavy atom. The van der Waals surface area contributed by atoms with Crippen LogP contribution in [0.25, 0.3) is 0 Å². The molecule has 22 heavy (non-hydrogen) atoms. The van der Waals surface area contributed by atoms with E-state index in [0.29, 0.717) is 5.92 Å². The van der Waals surface area contributed by atoms with Gasteiger partial charge in [0, 0.05) is 49.7 Å². The van der Waals surface area contributed by atoms with E-state index in [-0.39, 0.29) is 5.43 Å². The summed E-state index contributed by atoms with van der Waals surface area (Å²) in [6, 6.07) is 10.3. The summed E-state index contributed by atoms with van der Waals surface area (Å²) < 4.78 is 2.30. The van der Waals surface area contributed by atoms with Gasteiger partial charge in [0.15, 0.2) is 5.43 Å². The highest BCUT2D eigenvalue weighted by molar-refractivity contribution is 5.30. The Hall–Kier alpha value is -1.87. The van der Waals surface area contributed by atoms with Gasteiger partial charge in [0.1, 0.15) is 0 Å². The average molecular weight is 294 g/mol. The molecule has 0 saturated heterocycles. The summed E-state index contributed by atoms with van der Waals surface area (Å²) in [5.41, 5.74) is 5.33. The minimum atomic E-state index is 0.242. The van der Waals surface area contributed by atoms with Gasteiger partial charge in [-0.1, -0.05) is 24.3 Å². The molecule has 1 saturated carbocycles. The number of hydrogen-bond donors (Lipinski definition) is 0. The first-order chi connectivity index (χ1) is 10.7. The molecule has 2 aromatic rings. The van der Waals surface area contributed by atoms with Gasteiger partial charge in [0.25, 0.3) is 0 Å². The van der Waals surface area contributed by atoms with E-state index < -0.39 is 0 Å². The summed E-state index contributed by atoms with van der Waals surface area (Å²) in [4.78, 5) is 14.7. The second-order valence-electron chi connectivity index (χ2n) is 6.65. The average Bonchev–Trinajstić information content (AvgIpc) is 3.34. The van der Waals surface area contributed by atoms with Crippen molar-refractivity contribution in [1.29, 1.82) is 0 Å². The zero-order chi connectivity index (χ0) is 15.1. The van der Waals surface area contributed by atoms with E-state index >= 15 is 0 Å². The highest BCUT2D eigenvalue weighted by atomic mass is 16.1. The Morgan fingerprint density at radius 2 is 1.95 bits per heavy atom. The minimum absolute atomic E-state index is 0.242. The van der Waals surface area contributed by atoms with Crippen LogP contribution >= 0.6 is 0 Å². The minimum Gasteiger partial charge on any atom is -0.348 e. The van der Waals surface area contributed by atoms with Crippen molar-refractivity contribution in [1.82, 2.24) is 9.47 Å². The maximum atomic E-state index is 12.3. The molecule has 1 aromatic carbocycles. The predicted molar refractivity (Wildman–Crippen MR) is 88.0 cm³/mol. The Morgan fingerprint density at radius 3 is 2.73 bits per heavy atom. The Balaban J connectivity index is 1.62. The second-order valence-corrected chi connectivity index (χ2v) is 6.65. The molecule has 1 aliphatic carbocycles. The van der Waals surface area contributed by atoms with Crippen molar-refractivity contribution in [2.45, 2.75) is 45.3 Å². The van der Waals surface area contributed by atoms with Gasteiger partial charge in [0.05, 0.1) is 0 Å². The summed E-state index contributed by atoms with van der Waals surface area (Å²) >= 11 is 0. The van der Waals surface area contributed by atoms with Crippen LogP contribution in [0.5, 0.6) is 0 Å². The molecular formula is C19H22N2O. The van der Waals surface area contributed by atoms with E-state index in [1.807, 2.05) is 6.20 Å². The molecule has 0 atom stereocenters. The van der Waals surface area contributed by atoms with Gasteiger partial charge in [-0.15, -0.1) is 0 Å². The molecule has 0 radical (unpaired) electrons. The summed E-state index contributed by atoms with van der Waals surface area (Å²) in [7, 11) is 0. The number of nitrogens with zero attached hydrogens (tertiary/aromatic N) is 2. The molecule has 3 heteroatoms. The third-order valence-corrected chi connectivity index (χ3v) is 5.00. The van der Waals surface area contributed by atoms with Gasteiger partial charge >= 0.3 is 0 Å². The number of pyridine rings is 1. The predicted octanol–water partition coefficient (Wildman–Crippen LogP) is 3.05. The molecule has 2 heterocycles. The first-order valence-electron chi connectivity index (χ1n) is 8.21. The van der Waals surface area contributed by atoms with Crippen LogP contribution in [-0.4, -0.2) is 16.0 Å². The molecule has 114 valence electrons. The number of benzene rings is 1. The second kappa shape index (κ2) is 5.40. The molecule has 2 aliphatic rings. The maximum absolute atomic E-state index is 12.3. The van der Waals surface area contributed by atoms with Crippen LogP contribution in [0.3, 0.4) is 0 Å². The van der Waals surface area contributed by atoms with Crippen molar-refractivity contribution in [2.75, 3.05) is 6.54 Å². The molecular weight excluding hydrogens is 272 g/mol. The highest BCUT2D eigenvalue weighted by Crippen LogP contribution is 2.40. The molecule has 4 rings (SSSR count). The van der Waals surface area contributed by atoms with Crippen LogP contribution in [0.2, 0.25) is 0 Å². The van der Waals surface area contributed by atoms with Gasteiger partial charge < -0.3 is 4.57 Å². The summed E-state index contributed by atoms with van der Waals surface area (Å²) in [5, 5.41) is 0. The normalized spacial score (nSPS) is 18.2. The van der Waals surface area contributed by atoms with Gasteiger partial charge in [-0.2, -0.15) is 0 Å². The lowest BCUT2D eigenvalue weighted by Gasteiger charge is -2.32. The van der Waals surface area contributed by atoms with Crippen molar-refractivity contribution >= 4 is 0 Å². The van der Waals surface area contributed by atoms with Crippen molar-refractivity contribution in [3.05, 3.63) is 69.1 Å². The molecule has 0 N–H and O–H groups in total. The molecule has 1 aromatic heterocycles. The number of rotatable bonds is 3. The first kappa shape index (κ1) is 13.8. The lowest BCUT2D eigenvalue weighted by atomic mass is 10.0. The van der Waals surface area contributed by atoms with Crippen LogP contribution in [0, 0.1) is 6.92 Å². The molecule has 0 spiro atoms. The SMILES string of the molecule is Cc1ccccc1CN1CCn2ccc(=O)c(C3CC3)c2C1. The smallest absolute Gasteiger partial charge is 0.185 e. The lowest BCUT2D eigenvalue weighted by molar-refractivity contribution is 0.209. The number of aryl methyl sites for hydroxylation is 1. The number of aromatic nitrogens is 1. The fourth-order valence-electron chi connectivity index (χ4n) is 3.53. The molecule has 0 bridgehead atoms. The fraction of sp³-hybridized carbons (Fsp3) is 0.421. The summed E-state index contributed by atoms with van der Waals surface area (Å²) in [5.74, 6) is 0.522. The van der Waals surface area contributed by atoms with Crippen LogP contribution < -0.4 is 5.43 Å². The van der Waals surface area contributed by atoms with Gasteiger partial charge in [0.2, 0.25) is 0 Å². The summed E-state index contributed by atoms with van der Waals surface area (Å²) in [6.07, 6.45) is 4.35. The third kappa shape index (κ3) is 2.50. The largest absolute Gasteiger partial charge is 0.348 e. The lowest BCUT2D eigenvalue weighted by Crippen LogP contribution is -2.36. The van der Waals surface area contributed by atoms with Crippen LogP contribution in [0.4, 0.5) is 0 Å². The fourth-order valence-corrected chi connectivity index (χ4v) is 3.53. The van der Waals surface area contributed by atoms with E-state index in [1.165, 1.54) is 29.7 Å². The highest BCUT2D eigenvalue weighted by Gasteiger charge is 2.31. The number of fused-ring (bicyclic) bond motifs is 1. The third-order valence-electron chi connectivity index (χ3n) is 5.00. The Bertz CT molecular complexity index is 758. The molecule has 1 aliphatic heterocycles. The van der Waals surface area contributed by atoms with Crippen molar-refractivity contribution in [2.24, 2.45) is 0 Å². The molecule has 1 fully saturated rings. The van der Waals surface area contributed by atoms with Crippen LogP contribution in [0.1, 0.15) is 41.1 Å². The molecule has 0 unspecified atom stereocenters. The maximum Gasteiger partial charge on any atom is 0.185 e.